The van der Waals surface area contributed by atoms with Crippen LogP contribution in [0.15, 0.2) is 42.2 Å². The number of halogens is 4. The first kappa shape index (κ1) is 19.0. The van der Waals surface area contributed by atoms with Crippen molar-refractivity contribution in [2.45, 2.75) is 19.3 Å². The van der Waals surface area contributed by atoms with Crippen LogP contribution in [0.5, 0.6) is 0 Å². The summed E-state index contributed by atoms with van der Waals surface area (Å²) in [5, 5.41) is 9.22. The van der Waals surface area contributed by atoms with Crippen LogP contribution >= 0.6 is 63.7 Å². The number of rotatable bonds is 4. The van der Waals surface area contributed by atoms with E-state index < -0.39 is 5.97 Å². The molecule has 0 bridgehead atoms. The van der Waals surface area contributed by atoms with E-state index in [0.717, 1.165) is 26.5 Å². The van der Waals surface area contributed by atoms with Crippen LogP contribution in [0, 0.1) is 0 Å². The van der Waals surface area contributed by atoms with Crippen molar-refractivity contribution in [3.8, 4) is 0 Å². The van der Waals surface area contributed by atoms with Crippen LogP contribution in [-0.4, -0.2) is 11.1 Å². The highest BCUT2D eigenvalue weighted by Crippen LogP contribution is 2.34. The van der Waals surface area contributed by atoms with Crippen molar-refractivity contribution in [2.24, 2.45) is 0 Å². The molecular formula is C16H13Br4NO2. The van der Waals surface area contributed by atoms with E-state index in [-0.39, 0.29) is 11.5 Å². The molecule has 1 atom stereocenters. The van der Waals surface area contributed by atoms with Gasteiger partial charge >= 0.3 is 5.97 Å². The summed E-state index contributed by atoms with van der Waals surface area (Å²) in [6.07, 6.45) is 0.808. The highest BCUT2D eigenvalue weighted by atomic mass is 79.9. The fourth-order valence-electron chi connectivity index (χ4n) is 2.31. The summed E-state index contributed by atoms with van der Waals surface area (Å²) in [6, 6.07) is 7.74. The molecule has 7 heteroatoms. The Morgan fingerprint density at radius 3 is 1.96 bits per heavy atom. The van der Waals surface area contributed by atoms with E-state index in [2.05, 4.69) is 70.6 Å². The average molecular weight is 571 g/mol. The maximum Gasteiger partial charge on any atom is 0.337 e. The van der Waals surface area contributed by atoms with Crippen LogP contribution in [0.4, 0.5) is 5.69 Å². The fraction of sp³-hybridized carbons (Fsp3) is 0.188. The van der Waals surface area contributed by atoms with Gasteiger partial charge in [-0.2, -0.15) is 0 Å². The molecule has 0 saturated carbocycles. The molecule has 0 aliphatic rings. The van der Waals surface area contributed by atoms with Gasteiger partial charge < -0.3 is 10.8 Å². The Bertz CT molecular complexity index is 731. The Balaban J connectivity index is 2.31. The minimum atomic E-state index is -0.964. The largest absolute Gasteiger partial charge is 0.478 e. The lowest BCUT2D eigenvalue weighted by Gasteiger charge is -2.16. The van der Waals surface area contributed by atoms with Crippen molar-refractivity contribution in [3.63, 3.8) is 0 Å². The molecule has 0 aliphatic heterocycles. The van der Waals surface area contributed by atoms with E-state index in [1.165, 1.54) is 0 Å². The molecule has 0 amide bonds. The van der Waals surface area contributed by atoms with E-state index in [1.807, 2.05) is 24.3 Å². The lowest BCUT2D eigenvalue weighted by molar-refractivity contribution is 0.0695. The fourth-order valence-corrected chi connectivity index (χ4v) is 5.15. The summed E-state index contributed by atoms with van der Waals surface area (Å²) >= 11 is 13.6. The highest BCUT2D eigenvalue weighted by molar-refractivity contribution is 9.11. The van der Waals surface area contributed by atoms with Gasteiger partial charge in [-0.05, 0) is 111 Å². The van der Waals surface area contributed by atoms with Crippen molar-refractivity contribution in [2.75, 3.05) is 5.73 Å². The summed E-state index contributed by atoms with van der Waals surface area (Å²) in [5.74, 6) is -0.748. The molecule has 2 aromatic rings. The zero-order chi connectivity index (χ0) is 17.3. The van der Waals surface area contributed by atoms with E-state index >= 15 is 0 Å². The second-order valence-electron chi connectivity index (χ2n) is 5.24. The number of aromatic carboxylic acids is 1. The van der Waals surface area contributed by atoms with Gasteiger partial charge in [0.05, 0.1) is 11.3 Å². The number of carboxylic acid groups (broad SMARTS) is 1. The second kappa shape index (κ2) is 7.68. The lowest BCUT2D eigenvalue weighted by atomic mass is 9.93. The van der Waals surface area contributed by atoms with Gasteiger partial charge in [0.25, 0.3) is 0 Å². The normalized spacial score (nSPS) is 12.2. The molecule has 0 heterocycles. The number of nitrogens with two attached hydrogens (primary N) is 1. The van der Waals surface area contributed by atoms with E-state index in [1.54, 1.807) is 0 Å². The molecule has 0 aliphatic carbocycles. The average Bonchev–Trinajstić information content (AvgIpc) is 2.43. The number of carbonyl (C=O) groups is 1. The summed E-state index contributed by atoms with van der Waals surface area (Å²) in [6.45, 7) is 2.10. The van der Waals surface area contributed by atoms with Crippen LogP contribution in [0.3, 0.4) is 0 Å². The molecule has 23 heavy (non-hydrogen) atoms. The SMILES string of the molecule is CC(Cc1cc(Br)c(N)c(Br)c1)c1cc(Br)c(C(=O)O)c(Br)c1. The van der Waals surface area contributed by atoms with Gasteiger partial charge in [0.15, 0.2) is 0 Å². The zero-order valence-corrected chi connectivity index (χ0v) is 18.4. The van der Waals surface area contributed by atoms with Gasteiger partial charge in [0.1, 0.15) is 0 Å². The van der Waals surface area contributed by atoms with E-state index in [9.17, 15) is 9.90 Å². The van der Waals surface area contributed by atoms with Crippen LogP contribution in [0.2, 0.25) is 0 Å². The van der Waals surface area contributed by atoms with Crippen molar-refractivity contribution >= 4 is 75.4 Å². The first-order valence-corrected chi connectivity index (χ1v) is 9.83. The molecule has 0 aromatic heterocycles. The molecule has 0 spiro atoms. The second-order valence-corrected chi connectivity index (χ2v) is 8.66. The van der Waals surface area contributed by atoms with Gasteiger partial charge in [0.2, 0.25) is 0 Å². The van der Waals surface area contributed by atoms with Gasteiger partial charge in [-0.25, -0.2) is 4.79 Å². The molecule has 3 N–H and O–H groups in total. The van der Waals surface area contributed by atoms with Crippen molar-refractivity contribution in [1.29, 1.82) is 0 Å². The first-order valence-electron chi connectivity index (χ1n) is 6.66. The minimum Gasteiger partial charge on any atom is -0.478 e. The summed E-state index contributed by atoms with van der Waals surface area (Å²) < 4.78 is 2.86. The van der Waals surface area contributed by atoms with Crippen LogP contribution in [0.1, 0.15) is 34.3 Å². The molecule has 3 nitrogen and oxygen atoms in total. The molecule has 0 fully saturated rings. The van der Waals surface area contributed by atoms with Crippen molar-refractivity contribution in [1.82, 2.24) is 0 Å². The minimum absolute atomic E-state index is 0.216. The Labute approximate surface area is 168 Å². The first-order chi connectivity index (χ1) is 10.7. The summed E-state index contributed by atoms with van der Waals surface area (Å²) in [7, 11) is 0. The molecule has 1 unspecified atom stereocenters. The van der Waals surface area contributed by atoms with Gasteiger partial charge in [-0.3, -0.25) is 0 Å². The van der Waals surface area contributed by atoms with Crippen LogP contribution in [-0.2, 0) is 6.42 Å². The number of anilines is 1. The van der Waals surface area contributed by atoms with Crippen LogP contribution in [0.25, 0.3) is 0 Å². The zero-order valence-electron chi connectivity index (χ0n) is 12.0. The van der Waals surface area contributed by atoms with Gasteiger partial charge in [-0.15, -0.1) is 0 Å². The lowest BCUT2D eigenvalue weighted by Crippen LogP contribution is -2.04. The Kier molecular flexibility index (Phi) is 6.33. The third-order valence-electron chi connectivity index (χ3n) is 3.53. The topological polar surface area (TPSA) is 63.3 Å². The van der Waals surface area contributed by atoms with Crippen molar-refractivity contribution in [3.05, 3.63) is 58.8 Å². The quantitative estimate of drug-likeness (QED) is 0.420. The molecule has 2 rings (SSSR count). The smallest absolute Gasteiger partial charge is 0.337 e. The highest BCUT2D eigenvalue weighted by Gasteiger charge is 2.17. The number of carboxylic acids is 1. The summed E-state index contributed by atoms with van der Waals surface area (Å²) in [5.41, 5.74) is 9.02. The van der Waals surface area contributed by atoms with Crippen LogP contribution < -0.4 is 5.73 Å². The van der Waals surface area contributed by atoms with Crippen molar-refractivity contribution < 1.29 is 9.90 Å². The van der Waals surface area contributed by atoms with Gasteiger partial charge in [-0.1, -0.05) is 6.92 Å². The van der Waals surface area contributed by atoms with E-state index in [4.69, 9.17) is 5.73 Å². The predicted molar refractivity (Wildman–Crippen MR) is 107 cm³/mol. The summed E-state index contributed by atoms with van der Waals surface area (Å²) in [4.78, 5) is 11.2. The number of hydrogen-bond donors (Lipinski definition) is 2. The number of hydrogen-bond acceptors (Lipinski definition) is 2. The Morgan fingerprint density at radius 2 is 1.52 bits per heavy atom. The molecule has 0 saturated heterocycles. The predicted octanol–water partition coefficient (Wildman–Crippen LogP) is 6.36. The van der Waals surface area contributed by atoms with Gasteiger partial charge in [0, 0.05) is 17.9 Å². The third kappa shape index (κ3) is 4.38. The molecule has 0 radical (unpaired) electrons. The maximum absolute atomic E-state index is 11.2. The third-order valence-corrected chi connectivity index (χ3v) is 6.09. The maximum atomic E-state index is 11.2. The Morgan fingerprint density at radius 1 is 1.04 bits per heavy atom. The monoisotopic (exact) mass is 567 g/mol. The Hall–Kier alpha value is -0.370. The van der Waals surface area contributed by atoms with E-state index in [0.29, 0.717) is 14.6 Å². The molecule has 122 valence electrons. The number of nitrogen functional groups attached to an aromatic ring is 1. The number of benzene rings is 2. The molecule has 2 aromatic carbocycles. The molecular weight excluding hydrogens is 558 g/mol. The standard InChI is InChI=1S/C16H13Br4NO2/c1-7(2-8-3-12(19)15(21)13(20)4-8)9-5-10(17)14(16(22)23)11(18)6-9/h3-7H,2,21H2,1H3,(H,22,23).